The highest BCUT2D eigenvalue weighted by molar-refractivity contribution is 6.30. The van der Waals surface area contributed by atoms with Gasteiger partial charge in [-0.05, 0) is 30.5 Å². The molecule has 29 heavy (non-hydrogen) atoms. The minimum absolute atomic E-state index is 0.211. The third-order valence-electron chi connectivity index (χ3n) is 6.44. The molecule has 1 aromatic rings. The lowest BCUT2D eigenvalue weighted by Crippen LogP contribution is -2.50. The van der Waals surface area contributed by atoms with E-state index in [1.54, 1.807) is 29.0 Å². The van der Waals surface area contributed by atoms with Crippen LogP contribution in [0.3, 0.4) is 0 Å². The molecule has 1 saturated carbocycles. The van der Waals surface area contributed by atoms with E-state index in [-0.39, 0.29) is 30.5 Å². The van der Waals surface area contributed by atoms with Crippen LogP contribution in [-0.4, -0.2) is 71.4 Å². The molecule has 8 heteroatoms. The van der Waals surface area contributed by atoms with E-state index in [9.17, 15) is 14.4 Å². The van der Waals surface area contributed by atoms with E-state index in [1.807, 2.05) is 12.1 Å². The summed E-state index contributed by atoms with van der Waals surface area (Å²) in [7, 11) is 1.68. The van der Waals surface area contributed by atoms with Crippen LogP contribution < -0.4 is 0 Å². The molecule has 0 N–H and O–H groups in total. The molecule has 0 radical (unpaired) electrons. The van der Waals surface area contributed by atoms with Crippen LogP contribution in [0, 0.1) is 0 Å². The van der Waals surface area contributed by atoms with Crippen LogP contribution in [0.25, 0.3) is 0 Å². The molecule has 2 aliphatic heterocycles. The largest absolute Gasteiger partial charge is 0.370 e. The van der Waals surface area contributed by atoms with Crippen molar-refractivity contribution in [3.8, 4) is 0 Å². The van der Waals surface area contributed by atoms with Crippen molar-refractivity contribution in [3.63, 3.8) is 0 Å². The fourth-order valence-electron chi connectivity index (χ4n) is 4.66. The van der Waals surface area contributed by atoms with Gasteiger partial charge in [-0.3, -0.25) is 14.5 Å². The normalized spacial score (nSPS) is 24.5. The molecule has 1 spiro atoms. The first-order valence-corrected chi connectivity index (χ1v) is 10.5. The third-order valence-corrected chi connectivity index (χ3v) is 6.69. The predicted octanol–water partition coefficient (Wildman–Crippen LogP) is 2.84. The van der Waals surface area contributed by atoms with Crippen LogP contribution in [-0.2, 0) is 14.3 Å². The summed E-state index contributed by atoms with van der Waals surface area (Å²) in [6.07, 6.45) is 4.04. The molecule has 4 rings (SSSR count). The van der Waals surface area contributed by atoms with Crippen molar-refractivity contribution in [2.45, 2.75) is 43.7 Å². The average Bonchev–Trinajstić information content (AvgIpc) is 2.91. The Labute approximate surface area is 175 Å². The monoisotopic (exact) mass is 419 g/mol. The lowest BCUT2D eigenvalue weighted by Gasteiger charge is -2.36. The number of urea groups is 1. The maximum Gasteiger partial charge on any atom is 0.327 e. The minimum Gasteiger partial charge on any atom is -0.370 e. The first-order valence-electron chi connectivity index (χ1n) is 10.2. The number of carbonyl (C=O) groups is 3. The van der Waals surface area contributed by atoms with Gasteiger partial charge in [0, 0.05) is 18.6 Å². The standard InChI is InChI=1S/C21H26ClN3O4/c1-23-20(28)25(19(27)21(23)9-3-2-4-10-21)14-18(26)24-11-12-29-17(13-24)15-5-7-16(22)8-6-15/h5-8,17H,2-4,9-14H2,1H3. The number of imide groups is 1. The Balaban J connectivity index is 1.44. The van der Waals surface area contributed by atoms with E-state index in [0.717, 1.165) is 29.7 Å². The second-order valence-corrected chi connectivity index (χ2v) is 8.51. The number of amides is 4. The van der Waals surface area contributed by atoms with E-state index in [4.69, 9.17) is 16.3 Å². The molecular formula is C21H26ClN3O4. The van der Waals surface area contributed by atoms with E-state index >= 15 is 0 Å². The SMILES string of the molecule is CN1C(=O)N(CC(=O)N2CCOC(c3ccc(Cl)cc3)C2)C(=O)C12CCCCC2. The molecule has 1 aromatic carbocycles. The summed E-state index contributed by atoms with van der Waals surface area (Å²) in [5.41, 5.74) is 0.188. The molecular weight excluding hydrogens is 394 g/mol. The number of halogens is 1. The van der Waals surface area contributed by atoms with E-state index < -0.39 is 5.54 Å². The number of hydrogen-bond acceptors (Lipinski definition) is 4. The number of ether oxygens (including phenoxy) is 1. The van der Waals surface area contributed by atoms with Gasteiger partial charge in [-0.25, -0.2) is 4.79 Å². The van der Waals surface area contributed by atoms with Crippen molar-refractivity contribution in [1.29, 1.82) is 0 Å². The number of morpholine rings is 1. The van der Waals surface area contributed by atoms with Crippen molar-refractivity contribution in [3.05, 3.63) is 34.9 Å². The highest BCUT2D eigenvalue weighted by atomic mass is 35.5. The highest BCUT2D eigenvalue weighted by Crippen LogP contribution is 2.39. The van der Waals surface area contributed by atoms with Crippen LogP contribution in [0.1, 0.15) is 43.8 Å². The van der Waals surface area contributed by atoms with Gasteiger partial charge in [0.15, 0.2) is 0 Å². The van der Waals surface area contributed by atoms with Crippen LogP contribution in [0.15, 0.2) is 24.3 Å². The Hall–Kier alpha value is -2.12. The van der Waals surface area contributed by atoms with Gasteiger partial charge in [-0.1, -0.05) is 43.0 Å². The maximum atomic E-state index is 13.1. The smallest absolute Gasteiger partial charge is 0.327 e. The average molecular weight is 420 g/mol. The second-order valence-electron chi connectivity index (χ2n) is 8.08. The third kappa shape index (κ3) is 3.62. The first kappa shape index (κ1) is 20.2. The number of benzene rings is 1. The van der Waals surface area contributed by atoms with Crippen LogP contribution in [0.5, 0.6) is 0 Å². The maximum absolute atomic E-state index is 13.1. The van der Waals surface area contributed by atoms with Gasteiger partial charge in [0.2, 0.25) is 5.91 Å². The van der Waals surface area contributed by atoms with Gasteiger partial charge >= 0.3 is 6.03 Å². The molecule has 7 nitrogen and oxygen atoms in total. The zero-order valence-corrected chi connectivity index (χ0v) is 17.4. The summed E-state index contributed by atoms with van der Waals surface area (Å²) >= 11 is 5.95. The Morgan fingerprint density at radius 2 is 1.86 bits per heavy atom. The Bertz CT molecular complexity index is 807. The lowest BCUT2D eigenvalue weighted by atomic mass is 9.81. The fraction of sp³-hybridized carbons (Fsp3) is 0.571. The molecule has 0 aromatic heterocycles. The molecule has 3 aliphatic rings. The van der Waals surface area contributed by atoms with E-state index in [1.165, 1.54) is 0 Å². The molecule has 4 amide bonds. The van der Waals surface area contributed by atoms with E-state index in [0.29, 0.717) is 37.6 Å². The molecule has 1 aliphatic carbocycles. The molecule has 156 valence electrons. The predicted molar refractivity (Wildman–Crippen MR) is 107 cm³/mol. The van der Waals surface area contributed by atoms with Crippen LogP contribution in [0.4, 0.5) is 4.79 Å². The summed E-state index contributed by atoms with van der Waals surface area (Å²) in [6, 6.07) is 6.99. The molecule has 3 fully saturated rings. The Morgan fingerprint density at radius 3 is 2.55 bits per heavy atom. The minimum atomic E-state index is -0.757. The van der Waals surface area contributed by atoms with Gasteiger partial charge in [-0.2, -0.15) is 0 Å². The van der Waals surface area contributed by atoms with Gasteiger partial charge < -0.3 is 14.5 Å². The molecule has 0 bridgehead atoms. The zero-order valence-electron chi connectivity index (χ0n) is 16.6. The van der Waals surface area contributed by atoms with Crippen molar-refractivity contribution in [2.24, 2.45) is 0 Å². The number of hydrogen-bond donors (Lipinski definition) is 0. The van der Waals surface area contributed by atoms with Crippen LogP contribution in [0.2, 0.25) is 5.02 Å². The Morgan fingerprint density at radius 1 is 1.17 bits per heavy atom. The number of likely N-dealkylation sites (N-methyl/N-ethyl adjacent to an activating group) is 1. The summed E-state index contributed by atoms with van der Waals surface area (Å²) in [6.45, 7) is 1.03. The van der Waals surface area contributed by atoms with Crippen molar-refractivity contribution < 1.29 is 19.1 Å². The van der Waals surface area contributed by atoms with Crippen molar-refractivity contribution >= 4 is 29.4 Å². The Kier molecular flexibility index (Phi) is 5.53. The summed E-state index contributed by atoms with van der Waals surface area (Å²) in [4.78, 5) is 43.1. The number of carbonyl (C=O) groups excluding carboxylic acids is 3. The zero-order chi connectivity index (χ0) is 20.6. The lowest BCUT2D eigenvalue weighted by molar-refractivity contribution is -0.144. The van der Waals surface area contributed by atoms with Crippen LogP contribution >= 0.6 is 11.6 Å². The number of rotatable bonds is 3. The first-order chi connectivity index (χ1) is 13.9. The second kappa shape index (κ2) is 7.95. The van der Waals surface area contributed by atoms with Crippen molar-refractivity contribution in [2.75, 3.05) is 33.3 Å². The molecule has 1 atom stereocenters. The van der Waals surface area contributed by atoms with Gasteiger partial charge in [-0.15, -0.1) is 0 Å². The van der Waals surface area contributed by atoms with Gasteiger partial charge in [0.05, 0.1) is 13.2 Å². The molecule has 2 saturated heterocycles. The topological polar surface area (TPSA) is 70.2 Å². The summed E-state index contributed by atoms with van der Waals surface area (Å²) in [5, 5.41) is 0.643. The quantitative estimate of drug-likeness (QED) is 0.706. The summed E-state index contributed by atoms with van der Waals surface area (Å²) < 4.78 is 5.81. The number of nitrogens with zero attached hydrogens (tertiary/aromatic N) is 3. The fourth-order valence-corrected chi connectivity index (χ4v) is 4.79. The molecule has 1 unspecified atom stereocenters. The highest BCUT2D eigenvalue weighted by Gasteiger charge is 2.56. The molecule has 2 heterocycles. The van der Waals surface area contributed by atoms with Gasteiger partial charge in [0.25, 0.3) is 5.91 Å². The van der Waals surface area contributed by atoms with Gasteiger partial charge in [0.1, 0.15) is 18.2 Å². The summed E-state index contributed by atoms with van der Waals surface area (Å²) in [5.74, 6) is -0.448. The van der Waals surface area contributed by atoms with Crippen molar-refractivity contribution in [1.82, 2.24) is 14.7 Å². The van der Waals surface area contributed by atoms with E-state index in [2.05, 4.69) is 0 Å².